The van der Waals surface area contributed by atoms with E-state index >= 15 is 0 Å². The number of carbonyl (C=O) groups excluding carboxylic acids is 2. The minimum Gasteiger partial charge on any atom is -0.356 e. The van der Waals surface area contributed by atoms with Gasteiger partial charge in [0.1, 0.15) is 0 Å². The Bertz CT molecular complexity index is 257. The van der Waals surface area contributed by atoms with Gasteiger partial charge in [0.15, 0.2) is 0 Å². The minimum atomic E-state index is -0.260. The molecule has 0 atom stereocenters. The summed E-state index contributed by atoms with van der Waals surface area (Å²) in [4.78, 5) is 22.7. The number of carbonyl (C=O) groups is 2. The summed E-state index contributed by atoms with van der Waals surface area (Å²) in [7, 11) is 0. The van der Waals surface area contributed by atoms with Crippen LogP contribution in [0, 0.1) is 5.92 Å². The van der Waals surface area contributed by atoms with Crippen molar-refractivity contribution in [3.63, 3.8) is 0 Å². The van der Waals surface area contributed by atoms with Gasteiger partial charge >= 0.3 is 6.03 Å². The Morgan fingerprint density at radius 3 is 2.18 bits per heavy atom. The third kappa shape index (κ3) is 11.0. The number of amides is 3. The van der Waals surface area contributed by atoms with Crippen LogP contribution in [0.5, 0.6) is 0 Å². The third-order valence-corrected chi connectivity index (χ3v) is 1.83. The highest BCUT2D eigenvalue weighted by molar-refractivity contribution is 5.78. The SMILES string of the molecule is CC(C)CNC(=O)CCNC(=O)NC(C)(C)C. The summed E-state index contributed by atoms with van der Waals surface area (Å²) in [5.41, 5.74) is -0.260. The first-order valence-electron chi connectivity index (χ1n) is 6.03. The first-order valence-corrected chi connectivity index (χ1v) is 6.03. The van der Waals surface area contributed by atoms with Crippen LogP contribution in [0.4, 0.5) is 4.79 Å². The van der Waals surface area contributed by atoms with Crippen LogP contribution in [0.25, 0.3) is 0 Å². The summed E-state index contributed by atoms with van der Waals surface area (Å²) in [6.07, 6.45) is 0.310. The zero-order chi connectivity index (χ0) is 13.5. The molecule has 100 valence electrons. The first-order chi connectivity index (χ1) is 7.70. The van der Waals surface area contributed by atoms with E-state index in [2.05, 4.69) is 16.0 Å². The molecular weight excluding hydrogens is 218 g/mol. The summed E-state index contributed by atoms with van der Waals surface area (Å²) < 4.78 is 0. The lowest BCUT2D eigenvalue weighted by Crippen LogP contribution is -2.47. The fourth-order valence-corrected chi connectivity index (χ4v) is 1.08. The molecule has 5 nitrogen and oxygen atoms in total. The van der Waals surface area contributed by atoms with Crippen LogP contribution in [0.2, 0.25) is 0 Å². The number of hydrogen-bond acceptors (Lipinski definition) is 2. The van der Waals surface area contributed by atoms with Crippen LogP contribution < -0.4 is 16.0 Å². The van der Waals surface area contributed by atoms with Crippen LogP contribution in [0.15, 0.2) is 0 Å². The van der Waals surface area contributed by atoms with Crippen molar-refractivity contribution in [1.29, 1.82) is 0 Å². The molecule has 0 aromatic heterocycles. The van der Waals surface area contributed by atoms with Gasteiger partial charge in [-0.3, -0.25) is 4.79 Å². The van der Waals surface area contributed by atoms with Gasteiger partial charge < -0.3 is 16.0 Å². The monoisotopic (exact) mass is 243 g/mol. The van der Waals surface area contributed by atoms with Crippen molar-refractivity contribution in [1.82, 2.24) is 16.0 Å². The topological polar surface area (TPSA) is 70.2 Å². The Balaban J connectivity index is 3.63. The molecule has 0 saturated carbocycles. The smallest absolute Gasteiger partial charge is 0.315 e. The van der Waals surface area contributed by atoms with Crippen molar-refractivity contribution < 1.29 is 9.59 Å². The average Bonchev–Trinajstić information content (AvgIpc) is 2.11. The molecule has 17 heavy (non-hydrogen) atoms. The van der Waals surface area contributed by atoms with Crippen LogP contribution in [0.3, 0.4) is 0 Å². The van der Waals surface area contributed by atoms with E-state index in [0.29, 0.717) is 25.4 Å². The first kappa shape index (κ1) is 15.7. The molecule has 5 heteroatoms. The highest BCUT2D eigenvalue weighted by Gasteiger charge is 2.13. The summed E-state index contributed by atoms with van der Waals surface area (Å²) in [5.74, 6) is 0.408. The van der Waals surface area contributed by atoms with Gasteiger partial charge in [-0.2, -0.15) is 0 Å². The molecule has 0 aliphatic rings. The molecule has 0 spiro atoms. The van der Waals surface area contributed by atoms with E-state index < -0.39 is 0 Å². The van der Waals surface area contributed by atoms with E-state index in [1.807, 2.05) is 34.6 Å². The second-order valence-electron chi connectivity index (χ2n) is 5.58. The van der Waals surface area contributed by atoms with Gasteiger partial charge in [0.25, 0.3) is 0 Å². The summed E-state index contributed by atoms with van der Waals surface area (Å²) in [6, 6.07) is -0.242. The summed E-state index contributed by atoms with van der Waals surface area (Å²) in [6.45, 7) is 10.8. The molecule has 3 amide bonds. The van der Waals surface area contributed by atoms with Crippen molar-refractivity contribution in [2.24, 2.45) is 5.92 Å². The summed E-state index contributed by atoms with van der Waals surface area (Å²) in [5, 5.41) is 8.20. The molecule has 0 aromatic rings. The third-order valence-electron chi connectivity index (χ3n) is 1.83. The molecular formula is C12H25N3O2. The maximum Gasteiger partial charge on any atom is 0.315 e. The molecule has 0 bridgehead atoms. The number of hydrogen-bond donors (Lipinski definition) is 3. The average molecular weight is 243 g/mol. The van der Waals surface area contributed by atoms with Gasteiger partial charge in [-0.15, -0.1) is 0 Å². The van der Waals surface area contributed by atoms with Crippen LogP contribution in [-0.2, 0) is 4.79 Å². The zero-order valence-electron chi connectivity index (χ0n) is 11.5. The predicted octanol–water partition coefficient (Wildman–Crippen LogP) is 1.25. The van der Waals surface area contributed by atoms with Crippen LogP contribution in [0.1, 0.15) is 41.0 Å². The van der Waals surface area contributed by atoms with Crippen molar-refractivity contribution in [3.8, 4) is 0 Å². The quantitative estimate of drug-likeness (QED) is 0.680. The van der Waals surface area contributed by atoms with Gasteiger partial charge in [0.2, 0.25) is 5.91 Å². The molecule has 0 aliphatic heterocycles. The van der Waals surface area contributed by atoms with Gasteiger partial charge in [-0.25, -0.2) is 4.79 Å². The normalized spacial score (nSPS) is 11.2. The lowest BCUT2D eigenvalue weighted by Gasteiger charge is -2.20. The zero-order valence-corrected chi connectivity index (χ0v) is 11.5. The molecule has 0 radical (unpaired) electrons. The minimum absolute atomic E-state index is 0.0326. The van der Waals surface area contributed by atoms with Crippen molar-refractivity contribution in [3.05, 3.63) is 0 Å². The van der Waals surface area contributed by atoms with E-state index in [4.69, 9.17) is 0 Å². The summed E-state index contributed by atoms with van der Waals surface area (Å²) >= 11 is 0. The fraction of sp³-hybridized carbons (Fsp3) is 0.833. The van der Waals surface area contributed by atoms with E-state index in [9.17, 15) is 9.59 Å². The Hall–Kier alpha value is -1.26. The van der Waals surface area contributed by atoms with E-state index in [-0.39, 0.29) is 17.5 Å². The highest BCUT2D eigenvalue weighted by Crippen LogP contribution is 1.97. The Morgan fingerprint density at radius 1 is 1.12 bits per heavy atom. The second kappa shape index (κ2) is 7.14. The van der Waals surface area contributed by atoms with Crippen LogP contribution in [-0.4, -0.2) is 30.6 Å². The van der Waals surface area contributed by atoms with E-state index in [0.717, 1.165) is 0 Å². The van der Waals surface area contributed by atoms with Gasteiger partial charge in [-0.05, 0) is 26.7 Å². The molecule has 0 heterocycles. The molecule has 3 N–H and O–H groups in total. The second-order valence-corrected chi connectivity index (χ2v) is 5.58. The lowest BCUT2D eigenvalue weighted by molar-refractivity contribution is -0.121. The standard InChI is InChI=1S/C12H25N3O2/c1-9(2)8-14-10(16)6-7-13-11(17)15-12(3,4)5/h9H,6-8H2,1-5H3,(H,14,16)(H2,13,15,17). The van der Waals surface area contributed by atoms with Gasteiger partial charge in [-0.1, -0.05) is 13.8 Å². The van der Waals surface area contributed by atoms with E-state index in [1.165, 1.54) is 0 Å². The number of urea groups is 1. The largest absolute Gasteiger partial charge is 0.356 e. The van der Waals surface area contributed by atoms with Gasteiger partial charge in [0, 0.05) is 25.0 Å². The Kier molecular flexibility index (Phi) is 6.61. The van der Waals surface area contributed by atoms with Gasteiger partial charge in [0.05, 0.1) is 0 Å². The number of rotatable bonds is 5. The maximum absolute atomic E-state index is 11.4. The Labute approximate surface area is 104 Å². The molecule has 0 aliphatic carbocycles. The molecule has 0 rings (SSSR count). The molecule has 0 unspecified atom stereocenters. The van der Waals surface area contributed by atoms with Crippen molar-refractivity contribution in [2.75, 3.05) is 13.1 Å². The van der Waals surface area contributed by atoms with E-state index in [1.54, 1.807) is 0 Å². The molecule has 0 saturated heterocycles. The molecule has 0 fully saturated rings. The van der Waals surface area contributed by atoms with Crippen molar-refractivity contribution in [2.45, 2.75) is 46.6 Å². The lowest BCUT2D eigenvalue weighted by atomic mass is 10.1. The van der Waals surface area contributed by atoms with Crippen molar-refractivity contribution >= 4 is 11.9 Å². The predicted molar refractivity (Wildman–Crippen MR) is 68.8 cm³/mol. The maximum atomic E-state index is 11.4. The highest BCUT2D eigenvalue weighted by atomic mass is 16.2. The molecule has 0 aromatic carbocycles. The van der Waals surface area contributed by atoms with Crippen LogP contribution >= 0.6 is 0 Å². The number of nitrogens with one attached hydrogen (secondary N) is 3. The fourth-order valence-electron chi connectivity index (χ4n) is 1.08. The Morgan fingerprint density at radius 2 is 1.71 bits per heavy atom.